The number of allylic oxidation sites excluding steroid dienone is 1. The summed E-state index contributed by atoms with van der Waals surface area (Å²) in [6, 6.07) is 12.4. The molecule has 3 aromatic rings. The van der Waals surface area contributed by atoms with Crippen LogP contribution in [0.1, 0.15) is 0 Å². The zero-order valence-electron chi connectivity index (χ0n) is 15.6. The molecule has 9 heteroatoms. The van der Waals surface area contributed by atoms with Crippen molar-refractivity contribution in [3.05, 3.63) is 65.2 Å². The normalized spacial score (nSPS) is 10.6. The molecule has 0 radical (unpaired) electrons. The second-order valence-electron chi connectivity index (χ2n) is 5.87. The third-order valence-electron chi connectivity index (χ3n) is 3.91. The molecular weight excluding hydrogens is 431 g/mol. The van der Waals surface area contributed by atoms with Crippen molar-refractivity contribution in [2.45, 2.75) is 11.7 Å². The molecule has 0 saturated carbocycles. The maximum Gasteiger partial charge on any atom is 0.234 e. The lowest BCUT2D eigenvalue weighted by atomic mass is 10.2. The largest absolute Gasteiger partial charge is 0.495 e. The van der Waals surface area contributed by atoms with Gasteiger partial charge in [-0.2, -0.15) is 0 Å². The van der Waals surface area contributed by atoms with Gasteiger partial charge in [-0.1, -0.05) is 53.2 Å². The molecule has 0 spiro atoms. The number of thioether (sulfide) groups is 1. The third kappa shape index (κ3) is 5.12. The Kier molecular flexibility index (Phi) is 7.19. The molecule has 0 fully saturated rings. The lowest BCUT2D eigenvalue weighted by Gasteiger charge is -2.10. The molecule has 1 aromatic heterocycles. The minimum atomic E-state index is -0.182. The van der Waals surface area contributed by atoms with Crippen molar-refractivity contribution in [1.82, 2.24) is 14.8 Å². The molecule has 0 aliphatic rings. The number of halogens is 2. The molecule has 2 aromatic carbocycles. The first-order valence-corrected chi connectivity index (χ1v) is 10.3. The van der Waals surface area contributed by atoms with E-state index in [1.807, 2.05) is 16.7 Å². The van der Waals surface area contributed by atoms with Gasteiger partial charge in [0.25, 0.3) is 0 Å². The van der Waals surface area contributed by atoms with Gasteiger partial charge in [-0.25, -0.2) is 0 Å². The predicted octanol–water partition coefficient (Wildman–Crippen LogP) is 5.18. The number of benzene rings is 2. The summed E-state index contributed by atoms with van der Waals surface area (Å²) < 4.78 is 7.10. The van der Waals surface area contributed by atoms with Gasteiger partial charge in [0, 0.05) is 17.1 Å². The van der Waals surface area contributed by atoms with Gasteiger partial charge in [-0.05, 0) is 30.3 Å². The lowest BCUT2D eigenvalue weighted by molar-refractivity contribution is -0.113. The van der Waals surface area contributed by atoms with E-state index in [4.69, 9.17) is 27.9 Å². The molecule has 0 atom stereocenters. The number of ether oxygens (including phenoxy) is 1. The zero-order chi connectivity index (χ0) is 20.8. The average molecular weight is 449 g/mol. The van der Waals surface area contributed by atoms with E-state index in [1.165, 1.54) is 11.8 Å². The van der Waals surface area contributed by atoms with E-state index in [1.54, 1.807) is 43.5 Å². The highest BCUT2D eigenvalue weighted by molar-refractivity contribution is 7.99. The summed E-state index contributed by atoms with van der Waals surface area (Å²) in [6.45, 7) is 4.26. The van der Waals surface area contributed by atoms with E-state index in [0.717, 1.165) is 0 Å². The maximum absolute atomic E-state index is 12.4. The molecule has 6 nitrogen and oxygen atoms in total. The van der Waals surface area contributed by atoms with E-state index in [0.29, 0.717) is 44.6 Å². The summed E-state index contributed by atoms with van der Waals surface area (Å²) in [5.74, 6) is 1.15. The summed E-state index contributed by atoms with van der Waals surface area (Å²) in [5.41, 5.74) is 1.32. The van der Waals surface area contributed by atoms with Crippen LogP contribution in [-0.4, -0.2) is 33.5 Å². The lowest BCUT2D eigenvalue weighted by Crippen LogP contribution is -2.15. The molecule has 3 rings (SSSR count). The van der Waals surface area contributed by atoms with Crippen LogP contribution in [0.3, 0.4) is 0 Å². The van der Waals surface area contributed by atoms with Crippen molar-refractivity contribution in [3.63, 3.8) is 0 Å². The number of hydrogen-bond donors (Lipinski definition) is 1. The molecule has 0 unspecified atom stereocenters. The van der Waals surface area contributed by atoms with Crippen molar-refractivity contribution < 1.29 is 9.53 Å². The number of methoxy groups -OCH3 is 1. The first kappa shape index (κ1) is 21.2. The fourth-order valence-corrected chi connectivity index (χ4v) is 3.86. The summed E-state index contributed by atoms with van der Waals surface area (Å²) >= 11 is 13.6. The van der Waals surface area contributed by atoms with Gasteiger partial charge < -0.3 is 10.1 Å². The van der Waals surface area contributed by atoms with Crippen molar-refractivity contribution in [2.24, 2.45) is 0 Å². The highest BCUT2D eigenvalue weighted by Crippen LogP contribution is 2.31. The summed E-state index contributed by atoms with van der Waals surface area (Å²) in [6.07, 6.45) is 1.73. The number of rotatable bonds is 8. The van der Waals surface area contributed by atoms with Crippen LogP contribution in [0.5, 0.6) is 5.75 Å². The predicted molar refractivity (Wildman–Crippen MR) is 118 cm³/mol. The molecule has 150 valence electrons. The topological polar surface area (TPSA) is 69.0 Å². The number of carbonyl (C=O) groups excluding carboxylic acids is 1. The number of amides is 1. The first-order valence-electron chi connectivity index (χ1n) is 8.58. The number of nitrogens with one attached hydrogen (secondary N) is 1. The standard InChI is InChI=1S/C20H18Cl2N4O2S/c1-3-10-26-19(14-9-8-13(21)11-15(14)22)24-25-20(26)29-12-18(27)23-16-6-4-5-7-17(16)28-2/h3-9,11H,1,10,12H2,2H3,(H,23,27). The Morgan fingerprint density at radius 3 is 2.79 bits per heavy atom. The SMILES string of the molecule is C=CCn1c(SCC(=O)Nc2ccccc2OC)nnc1-c1ccc(Cl)cc1Cl. The minimum Gasteiger partial charge on any atom is -0.495 e. The number of carbonyl (C=O) groups is 1. The zero-order valence-corrected chi connectivity index (χ0v) is 17.9. The highest BCUT2D eigenvalue weighted by Gasteiger charge is 2.17. The van der Waals surface area contributed by atoms with Crippen molar-refractivity contribution in [1.29, 1.82) is 0 Å². The number of aromatic nitrogens is 3. The molecule has 1 N–H and O–H groups in total. The fraction of sp³-hybridized carbons (Fsp3) is 0.150. The van der Waals surface area contributed by atoms with Gasteiger partial charge in [0.05, 0.1) is 23.6 Å². The van der Waals surface area contributed by atoms with Gasteiger partial charge in [0.2, 0.25) is 5.91 Å². The number of para-hydroxylation sites is 2. The molecule has 1 amide bonds. The molecule has 0 bridgehead atoms. The molecular formula is C20H18Cl2N4O2S. The van der Waals surface area contributed by atoms with Gasteiger partial charge in [0.1, 0.15) is 5.75 Å². The van der Waals surface area contributed by atoms with Crippen LogP contribution in [0.4, 0.5) is 5.69 Å². The third-order valence-corrected chi connectivity index (χ3v) is 5.43. The Hall–Kier alpha value is -2.48. The van der Waals surface area contributed by atoms with Crippen LogP contribution in [-0.2, 0) is 11.3 Å². The Morgan fingerprint density at radius 2 is 2.07 bits per heavy atom. The highest BCUT2D eigenvalue weighted by atomic mass is 35.5. The van der Waals surface area contributed by atoms with Gasteiger partial charge in [-0.15, -0.1) is 16.8 Å². The number of anilines is 1. The van der Waals surface area contributed by atoms with Crippen LogP contribution in [0.15, 0.2) is 60.3 Å². The van der Waals surface area contributed by atoms with E-state index < -0.39 is 0 Å². The van der Waals surface area contributed by atoms with Crippen LogP contribution >= 0.6 is 35.0 Å². The molecule has 0 aliphatic carbocycles. The van der Waals surface area contributed by atoms with Gasteiger partial charge in [0.15, 0.2) is 11.0 Å². The Bertz CT molecular complexity index is 1040. The fourth-order valence-electron chi connectivity index (χ4n) is 2.62. The van der Waals surface area contributed by atoms with Crippen LogP contribution in [0.25, 0.3) is 11.4 Å². The number of nitrogens with zero attached hydrogens (tertiary/aromatic N) is 3. The maximum atomic E-state index is 12.4. The quantitative estimate of drug-likeness (QED) is 0.379. The first-order chi connectivity index (χ1) is 14.0. The van der Waals surface area contributed by atoms with Crippen LogP contribution < -0.4 is 10.1 Å². The minimum absolute atomic E-state index is 0.154. The molecule has 1 heterocycles. The molecule has 0 saturated heterocycles. The van der Waals surface area contributed by atoms with Gasteiger partial charge >= 0.3 is 0 Å². The van der Waals surface area contributed by atoms with Crippen LogP contribution in [0.2, 0.25) is 10.0 Å². The summed E-state index contributed by atoms with van der Waals surface area (Å²) in [7, 11) is 1.56. The van der Waals surface area contributed by atoms with Crippen molar-refractivity contribution >= 4 is 46.6 Å². The van der Waals surface area contributed by atoms with Crippen molar-refractivity contribution in [2.75, 3.05) is 18.2 Å². The Morgan fingerprint density at radius 1 is 1.28 bits per heavy atom. The van der Waals surface area contributed by atoms with E-state index in [2.05, 4.69) is 22.1 Å². The van der Waals surface area contributed by atoms with E-state index >= 15 is 0 Å². The Labute approximate surface area is 182 Å². The van der Waals surface area contributed by atoms with E-state index in [-0.39, 0.29) is 11.7 Å². The molecule has 29 heavy (non-hydrogen) atoms. The average Bonchev–Trinajstić information content (AvgIpc) is 3.09. The molecule has 0 aliphatic heterocycles. The van der Waals surface area contributed by atoms with Crippen molar-refractivity contribution in [3.8, 4) is 17.1 Å². The smallest absolute Gasteiger partial charge is 0.234 e. The van der Waals surface area contributed by atoms with Crippen LogP contribution in [0, 0.1) is 0 Å². The Balaban J connectivity index is 1.76. The van der Waals surface area contributed by atoms with Gasteiger partial charge in [-0.3, -0.25) is 9.36 Å². The second-order valence-corrected chi connectivity index (χ2v) is 7.65. The second kappa shape index (κ2) is 9.82. The van der Waals surface area contributed by atoms with E-state index in [9.17, 15) is 4.79 Å². The summed E-state index contributed by atoms with van der Waals surface area (Å²) in [4.78, 5) is 12.4. The summed E-state index contributed by atoms with van der Waals surface area (Å²) in [5, 5.41) is 12.9. The monoisotopic (exact) mass is 448 g/mol. The number of hydrogen-bond acceptors (Lipinski definition) is 5.